The number of amides is 1. The Kier molecular flexibility index (Phi) is 4.35. The number of thiazole rings is 1. The van der Waals surface area contributed by atoms with Gasteiger partial charge in [-0.15, -0.1) is 11.3 Å². The molecule has 0 saturated heterocycles. The van der Waals surface area contributed by atoms with Crippen LogP contribution in [-0.2, 0) is 4.79 Å². The third kappa shape index (κ3) is 2.90. The maximum atomic E-state index is 12.2. The van der Waals surface area contributed by atoms with Crippen molar-refractivity contribution >= 4 is 22.4 Å². The van der Waals surface area contributed by atoms with E-state index < -0.39 is 0 Å². The number of rotatable bonds is 4. The third-order valence-corrected chi connectivity index (χ3v) is 4.42. The van der Waals surface area contributed by atoms with Gasteiger partial charge in [0.1, 0.15) is 0 Å². The summed E-state index contributed by atoms with van der Waals surface area (Å²) in [5.74, 6) is 0.902. The van der Waals surface area contributed by atoms with Gasteiger partial charge < -0.3 is 11.1 Å². The molecular weight excluding hydrogens is 246 g/mol. The fourth-order valence-electron chi connectivity index (χ4n) is 2.47. The first-order valence-corrected chi connectivity index (χ1v) is 7.46. The Morgan fingerprint density at radius 2 is 2.39 bits per heavy atom. The van der Waals surface area contributed by atoms with Crippen molar-refractivity contribution in [3.05, 3.63) is 11.1 Å². The lowest BCUT2D eigenvalue weighted by Gasteiger charge is -2.16. The van der Waals surface area contributed by atoms with Crippen LogP contribution in [0.1, 0.15) is 44.7 Å². The lowest BCUT2D eigenvalue weighted by molar-refractivity contribution is -0.120. The fourth-order valence-corrected chi connectivity index (χ4v) is 3.35. The lowest BCUT2D eigenvalue weighted by Crippen LogP contribution is -2.29. The summed E-state index contributed by atoms with van der Waals surface area (Å²) in [6.45, 7) is 4.80. The molecule has 5 heteroatoms. The zero-order valence-corrected chi connectivity index (χ0v) is 11.8. The molecule has 1 saturated carbocycles. The van der Waals surface area contributed by atoms with Crippen LogP contribution in [0.5, 0.6) is 0 Å². The SMILES string of the molecule is CC(C)c1csc(NC(=O)C2CCCC2CN)n1. The summed E-state index contributed by atoms with van der Waals surface area (Å²) in [7, 11) is 0. The number of carbonyl (C=O) groups is 1. The molecule has 1 fully saturated rings. The monoisotopic (exact) mass is 267 g/mol. The lowest BCUT2D eigenvalue weighted by atomic mass is 9.95. The molecule has 1 amide bonds. The largest absolute Gasteiger partial charge is 0.330 e. The van der Waals surface area contributed by atoms with Crippen LogP contribution in [0.2, 0.25) is 0 Å². The van der Waals surface area contributed by atoms with Gasteiger partial charge in [0.25, 0.3) is 0 Å². The van der Waals surface area contributed by atoms with Gasteiger partial charge in [0.15, 0.2) is 5.13 Å². The first kappa shape index (κ1) is 13.5. The molecule has 2 rings (SSSR count). The summed E-state index contributed by atoms with van der Waals surface area (Å²) >= 11 is 1.50. The maximum Gasteiger partial charge on any atom is 0.229 e. The second kappa shape index (κ2) is 5.80. The van der Waals surface area contributed by atoms with Gasteiger partial charge in [-0.1, -0.05) is 20.3 Å². The minimum absolute atomic E-state index is 0.0707. The van der Waals surface area contributed by atoms with Gasteiger partial charge in [-0.2, -0.15) is 0 Å². The smallest absolute Gasteiger partial charge is 0.229 e. The van der Waals surface area contributed by atoms with E-state index in [1.165, 1.54) is 11.3 Å². The predicted octanol–water partition coefficient (Wildman–Crippen LogP) is 2.58. The number of hydrogen-bond acceptors (Lipinski definition) is 4. The average Bonchev–Trinajstić information content (AvgIpc) is 2.96. The van der Waals surface area contributed by atoms with Crippen LogP contribution in [0.15, 0.2) is 5.38 Å². The van der Waals surface area contributed by atoms with Crippen molar-refractivity contribution in [2.45, 2.75) is 39.0 Å². The normalized spacial score (nSPS) is 23.6. The van der Waals surface area contributed by atoms with Gasteiger partial charge in [-0.05, 0) is 31.2 Å². The number of nitrogens with one attached hydrogen (secondary N) is 1. The molecule has 0 aliphatic heterocycles. The molecule has 1 aromatic heterocycles. The average molecular weight is 267 g/mol. The van der Waals surface area contributed by atoms with Crippen molar-refractivity contribution in [1.29, 1.82) is 0 Å². The summed E-state index contributed by atoms with van der Waals surface area (Å²) in [4.78, 5) is 16.6. The molecule has 2 atom stereocenters. The fraction of sp³-hybridized carbons (Fsp3) is 0.692. The Morgan fingerprint density at radius 1 is 1.61 bits per heavy atom. The molecule has 0 aromatic carbocycles. The zero-order valence-electron chi connectivity index (χ0n) is 11.0. The number of carbonyl (C=O) groups excluding carboxylic acids is 1. The molecule has 2 unspecified atom stereocenters. The molecular formula is C13H21N3OS. The second-order valence-electron chi connectivity index (χ2n) is 5.25. The van der Waals surface area contributed by atoms with Crippen LogP contribution in [0.25, 0.3) is 0 Å². The van der Waals surface area contributed by atoms with E-state index in [4.69, 9.17) is 5.73 Å². The van der Waals surface area contributed by atoms with E-state index in [-0.39, 0.29) is 11.8 Å². The third-order valence-electron chi connectivity index (χ3n) is 3.64. The van der Waals surface area contributed by atoms with Crippen molar-refractivity contribution in [3.8, 4) is 0 Å². The Morgan fingerprint density at radius 3 is 3.00 bits per heavy atom. The van der Waals surface area contributed by atoms with Gasteiger partial charge in [-0.25, -0.2) is 4.98 Å². The topological polar surface area (TPSA) is 68.0 Å². The summed E-state index contributed by atoms with van der Waals surface area (Å²) in [6.07, 6.45) is 3.13. The summed E-state index contributed by atoms with van der Waals surface area (Å²) in [6, 6.07) is 0. The molecule has 1 heterocycles. The Hall–Kier alpha value is -0.940. The highest BCUT2D eigenvalue weighted by molar-refractivity contribution is 7.13. The van der Waals surface area contributed by atoms with E-state index in [0.717, 1.165) is 25.0 Å². The van der Waals surface area contributed by atoms with E-state index >= 15 is 0 Å². The number of nitrogens with two attached hydrogens (primary N) is 1. The van der Waals surface area contributed by atoms with Crippen molar-refractivity contribution < 1.29 is 4.79 Å². The highest BCUT2D eigenvalue weighted by Gasteiger charge is 2.32. The van der Waals surface area contributed by atoms with Gasteiger partial charge in [0, 0.05) is 11.3 Å². The van der Waals surface area contributed by atoms with E-state index in [1.807, 2.05) is 5.38 Å². The molecule has 100 valence electrons. The minimum atomic E-state index is 0.0707. The minimum Gasteiger partial charge on any atom is -0.330 e. The number of nitrogens with zero attached hydrogens (tertiary/aromatic N) is 1. The van der Waals surface area contributed by atoms with Crippen LogP contribution in [0.4, 0.5) is 5.13 Å². The zero-order chi connectivity index (χ0) is 13.1. The van der Waals surface area contributed by atoms with Gasteiger partial charge in [-0.3, -0.25) is 4.79 Å². The molecule has 18 heavy (non-hydrogen) atoms. The van der Waals surface area contributed by atoms with Crippen LogP contribution < -0.4 is 11.1 Å². The van der Waals surface area contributed by atoms with E-state index in [9.17, 15) is 4.79 Å². The Labute approximate surface area is 112 Å². The first-order valence-electron chi connectivity index (χ1n) is 6.58. The summed E-state index contributed by atoms with van der Waals surface area (Å²) < 4.78 is 0. The Balaban J connectivity index is 1.98. The highest BCUT2D eigenvalue weighted by atomic mass is 32.1. The van der Waals surface area contributed by atoms with Crippen molar-refractivity contribution in [2.75, 3.05) is 11.9 Å². The molecule has 4 nitrogen and oxygen atoms in total. The van der Waals surface area contributed by atoms with Gasteiger partial charge in [0.2, 0.25) is 5.91 Å². The first-order chi connectivity index (χ1) is 8.61. The van der Waals surface area contributed by atoms with Gasteiger partial charge in [0.05, 0.1) is 5.69 Å². The van der Waals surface area contributed by atoms with Crippen molar-refractivity contribution in [2.24, 2.45) is 17.6 Å². The molecule has 0 bridgehead atoms. The standard InChI is InChI=1S/C13H21N3OS/c1-8(2)11-7-18-13(15-11)16-12(17)10-5-3-4-9(10)6-14/h7-10H,3-6,14H2,1-2H3,(H,15,16,17). The molecule has 0 spiro atoms. The summed E-state index contributed by atoms with van der Waals surface area (Å²) in [5.41, 5.74) is 6.75. The van der Waals surface area contributed by atoms with Crippen LogP contribution >= 0.6 is 11.3 Å². The van der Waals surface area contributed by atoms with Crippen molar-refractivity contribution in [1.82, 2.24) is 4.98 Å². The van der Waals surface area contributed by atoms with E-state index in [1.54, 1.807) is 0 Å². The highest BCUT2D eigenvalue weighted by Crippen LogP contribution is 2.32. The van der Waals surface area contributed by atoms with Gasteiger partial charge >= 0.3 is 0 Å². The van der Waals surface area contributed by atoms with Crippen LogP contribution in [0, 0.1) is 11.8 Å². The van der Waals surface area contributed by atoms with E-state index in [0.29, 0.717) is 23.5 Å². The molecule has 1 aromatic rings. The van der Waals surface area contributed by atoms with E-state index in [2.05, 4.69) is 24.1 Å². The predicted molar refractivity (Wildman–Crippen MR) is 74.7 cm³/mol. The second-order valence-corrected chi connectivity index (χ2v) is 6.11. The number of anilines is 1. The van der Waals surface area contributed by atoms with Crippen LogP contribution in [0.3, 0.4) is 0 Å². The van der Waals surface area contributed by atoms with Crippen molar-refractivity contribution in [3.63, 3.8) is 0 Å². The van der Waals surface area contributed by atoms with Crippen LogP contribution in [-0.4, -0.2) is 17.4 Å². The molecule has 0 radical (unpaired) electrons. The quantitative estimate of drug-likeness (QED) is 0.881. The summed E-state index contributed by atoms with van der Waals surface area (Å²) in [5, 5.41) is 5.66. The number of hydrogen-bond donors (Lipinski definition) is 2. The Bertz CT molecular complexity index is 416. The molecule has 1 aliphatic carbocycles. The molecule has 1 aliphatic rings. The number of aromatic nitrogens is 1. The maximum absolute atomic E-state index is 12.2. The molecule has 3 N–H and O–H groups in total.